The summed E-state index contributed by atoms with van der Waals surface area (Å²) in [6.07, 6.45) is 1.67. The van der Waals surface area contributed by atoms with E-state index >= 15 is 0 Å². The Morgan fingerprint density at radius 2 is 1.85 bits per heavy atom. The highest BCUT2D eigenvalue weighted by molar-refractivity contribution is 6.20. The number of benzene rings is 2. The summed E-state index contributed by atoms with van der Waals surface area (Å²) in [7, 11) is 1.62. The Hall–Kier alpha value is -2.55. The second-order valence-corrected chi connectivity index (χ2v) is 4.46. The van der Waals surface area contributed by atoms with E-state index in [-0.39, 0.29) is 5.57 Å². The number of carbonyl (C=O) groups is 1. The molecule has 0 atom stereocenters. The lowest BCUT2D eigenvalue weighted by Crippen LogP contribution is -1.99. The molecule has 0 heterocycles. The molecular weight excluding hydrogens is 252 g/mol. The van der Waals surface area contributed by atoms with E-state index in [1.54, 1.807) is 25.3 Å². The van der Waals surface area contributed by atoms with Crippen molar-refractivity contribution in [1.29, 1.82) is 0 Å². The highest BCUT2D eigenvalue weighted by Crippen LogP contribution is 2.23. The third-order valence-electron chi connectivity index (χ3n) is 3.05. The Balaban J connectivity index is 2.45. The number of ether oxygens (including phenoxy) is 1. The summed E-state index contributed by atoms with van der Waals surface area (Å²) < 4.78 is 5.20. The minimum atomic E-state index is -0.940. The summed E-state index contributed by atoms with van der Waals surface area (Å²) in [6.45, 7) is 1.93. The van der Waals surface area contributed by atoms with Gasteiger partial charge in [-0.3, -0.25) is 0 Å². The summed E-state index contributed by atoms with van der Waals surface area (Å²) in [4.78, 5) is 11.4. The molecule has 0 aliphatic rings. The van der Waals surface area contributed by atoms with Gasteiger partial charge in [-0.25, -0.2) is 4.79 Å². The smallest absolute Gasteiger partial charge is 0.336 e. The maximum atomic E-state index is 11.4. The standard InChI is InChI=1S/C17H16O3/c1-12-10-13(8-9-16(12)20-2)11-15(17(18)19)14-6-4-3-5-7-14/h3-11H,1-2H3,(H,18,19)/b15-11-. The SMILES string of the molecule is COc1ccc(/C=C(\C(=O)O)c2ccccc2)cc1C. The molecule has 3 nitrogen and oxygen atoms in total. The molecule has 0 aromatic heterocycles. The van der Waals surface area contributed by atoms with E-state index in [0.29, 0.717) is 5.56 Å². The van der Waals surface area contributed by atoms with Gasteiger partial charge in [0.2, 0.25) is 0 Å². The van der Waals surface area contributed by atoms with Gasteiger partial charge in [-0.05, 0) is 41.8 Å². The molecule has 3 heteroatoms. The quantitative estimate of drug-likeness (QED) is 0.680. The molecule has 20 heavy (non-hydrogen) atoms. The zero-order valence-electron chi connectivity index (χ0n) is 11.5. The topological polar surface area (TPSA) is 46.5 Å². The van der Waals surface area contributed by atoms with Crippen molar-refractivity contribution in [3.05, 3.63) is 65.2 Å². The van der Waals surface area contributed by atoms with E-state index < -0.39 is 5.97 Å². The maximum Gasteiger partial charge on any atom is 0.336 e. The Bertz CT molecular complexity index is 643. The van der Waals surface area contributed by atoms with Crippen molar-refractivity contribution in [3.8, 4) is 5.75 Å². The van der Waals surface area contributed by atoms with Crippen LogP contribution >= 0.6 is 0 Å². The molecule has 2 aromatic carbocycles. The van der Waals surface area contributed by atoms with Gasteiger partial charge >= 0.3 is 5.97 Å². The van der Waals surface area contributed by atoms with Crippen molar-refractivity contribution >= 4 is 17.6 Å². The fourth-order valence-corrected chi connectivity index (χ4v) is 2.04. The lowest BCUT2D eigenvalue weighted by atomic mass is 10.0. The van der Waals surface area contributed by atoms with E-state index in [9.17, 15) is 9.90 Å². The first-order chi connectivity index (χ1) is 9.61. The molecule has 0 aliphatic heterocycles. The first kappa shape index (κ1) is 13.9. The Kier molecular flexibility index (Phi) is 4.20. The Morgan fingerprint density at radius 3 is 2.40 bits per heavy atom. The van der Waals surface area contributed by atoms with Crippen molar-refractivity contribution in [2.75, 3.05) is 7.11 Å². The third kappa shape index (κ3) is 3.06. The third-order valence-corrected chi connectivity index (χ3v) is 3.05. The monoisotopic (exact) mass is 268 g/mol. The molecule has 102 valence electrons. The number of carboxylic acid groups (broad SMARTS) is 1. The molecule has 2 aromatic rings. The number of methoxy groups -OCH3 is 1. The van der Waals surface area contributed by atoms with Crippen LogP contribution in [0.4, 0.5) is 0 Å². The molecule has 0 saturated heterocycles. The van der Waals surface area contributed by atoms with Gasteiger partial charge in [0.05, 0.1) is 12.7 Å². The van der Waals surface area contributed by atoms with Crippen LogP contribution in [0.2, 0.25) is 0 Å². The lowest BCUT2D eigenvalue weighted by Gasteiger charge is -2.06. The summed E-state index contributed by atoms with van der Waals surface area (Å²) in [5.74, 6) is -0.150. The van der Waals surface area contributed by atoms with E-state index in [1.807, 2.05) is 43.3 Å². The molecule has 0 fully saturated rings. The molecule has 1 N–H and O–H groups in total. The lowest BCUT2D eigenvalue weighted by molar-refractivity contribution is -0.130. The average Bonchev–Trinajstić information content (AvgIpc) is 2.45. The number of hydrogen-bond acceptors (Lipinski definition) is 2. The molecule has 0 aliphatic carbocycles. The van der Waals surface area contributed by atoms with E-state index in [4.69, 9.17) is 4.74 Å². The van der Waals surface area contributed by atoms with Crippen LogP contribution in [0.5, 0.6) is 5.75 Å². The molecule has 0 radical (unpaired) electrons. The van der Waals surface area contributed by atoms with Gasteiger partial charge in [0.1, 0.15) is 5.75 Å². The largest absolute Gasteiger partial charge is 0.496 e. The Labute approximate surface area is 118 Å². The first-order valence-electron chi connectivity index (χ1n) is 6.27. The van der Waals surface area contributed by atoms with Crippen LogP contribution < -0.4 is 4.74 Å². The van der Waals surface area contributed by atoms with Crippen LogP contribution in [0.1, 0.15) is 16.7 Å². The van der Waals surface area contributed by atoms with Gasteiger partial charge in [0, 0.05) is 0 Å². The first-order valence-corrected chi connectivity index (χ1v) is 6.27. The molecule has 0 unspecified atom stereocenters. The zero-order valence-corrected chi connectivity index (χ0v) is 11.5. The molecule has 0 saturated carbocycles. The highest BCUT2D eigenvalue weighted by atomic mass is 16.5. The number of aryl methyl sites for hydroxylation is 1. The van der Waals surface area contributed by atoms with Gasteiger partial charge in [0.15, 0.2) is 0 Å². The van der Waals surface area contributed by atoms with Crippen LogP contribution in [-0.4, -0.2) is 18.2 Å². The fourth-order valence-electron chi connectivity index (χ4n) is 2.04. The van der Waals surface area contributed by atoms with Gasteiger partial charge in [-0.2, -0.15) is 0 Å². The van der Waals surface area contributed by atoms with Crippen molar-refractivity contribution < 1.29 is 14.6 Å². The normalized spacial score (nSPS) is 11.2. The Morgan fingerprint density at radius 1 is 1.15 bits per heavy atom. The number of rotatable bonds is 4. The van der Waals surface area contributed by atoms with Crippen molar-refractivity contribution in [2.24, 2.45) is 0 Å². The molecular formula is C17H16O3. The molecule has 0 bridgehead atoms. The fraction of sp³-hybridized carbons (Fsp3) is 0.118. The second-order valence-electron chi connectivity index (χ2n) is 4.46. The van der Waals surface area contributed by atoms with Crippen molar-refractivity contribution in [1.82, 2.24) is 0 Å². The van der Waals surface area contributed by atoms with Gasteiger partial charge in [0.25, 0.3) is 0 Å². The zero-order chi connectivity index (χ0) is 14.5. The highest BCUT2D eigenvalue weighted by Gasteiger charge is 2.10. The van der Waals surface area contributed by atoms with Gasteiger partial charge < -0.3 is 9.84 Å². The summed E-state index contributed by atoms with van der Waals surface area (Å²) in [5, 5.41) is 9.37. The van der Waals surface area contributed by atoms with E-state index in [2.05, 4.69) is 0 Å². The molecule has 0 amide bonds. The average molecular weight is 268 g/mol. The minimum absolute atomic E-state index is 0.273. The number of carboxylic acids is 1. The molecule has 2 rings (SSSR count). The summed E-state index contributed by atoms with van der Waals surface area (Å²) >= 11 is 0. The van der Waals surface area contributed by atoms with Crippen LogP contribution in [0.25, 0.3) is 11.6 Å². The number of aliphatic carboxylic acids is 1. The van der Waals surface area contributed by atoms with Crippen molar-refractivity contribution in [2.45, 2.75) is 6.92 Å². The van der Waals surface area contributed by atoms with Crippen LogP contribution in [0.3, 0.4) is 0 Å². The van der Waals surface area contributed by atoms with E-state index in [0.717, 1.165) is 16.9 Å². The van der Waals surface area contributed by atoms with Crippen molar-refractivity contribution in [3.63, 3.8) is 0 Å². The van der Waals surface area contributed by atoms with Gasteiger partial charge in [-0.1, -0.05) is 36.4 Å². The van der Waals surface area contributed by atoms with Gasteiger partial charge in [-0.15, -0.1) is 0 Å². The predicted octanol–water partition coefficient (Wildman–Crippen LogP) is 3.63. The minimum Gasteiger partial charge on any atom is -0.496 e. The van der Waals surface area contributed by atoms with Crippen LogP contribution in [-0.2, 0) is 4.79 Å². The maximum absolute atomic E-state index is 11.4. The van der Waals surface area contributed by atoms with Crippen LogP contribution in [0, 0.1) is 6.92 Å². The summed E-state index contributed by atoms with van der Waals surface area (Å²) in [5.41, 5.74) is 2.77. The second kappa shape index (κ2) is 6.06. The molecule has 0 spiro atoms. The predicted molar refractivity (Wildman–Crippen MR) is 79.7 cm³/mol. The number of hydrogen-bond donors (Lipinski definition) is 1. The van der Waals surface area contributed by atoms with Crippen LogP contribution in [0.15, 0.2) is 48.5 Å². The van der Waals surface area contributed by atoms with E-state index in [1.165, 1.54) is 0 Å². The summed E-state index contributed by atoms with van der Waals surface area (Å²) in [6, 6.07) is 14.7.